The van der Waals surface area contributed by atoms with Crippen molar-refractivity contribution in [3.8, 4) is 0 Å². The standard InChI is InChI=1S/C19H19N3O/c1-11-10-12(2)17-13(8-9-20-17)16(11)19(3,23)18-21-14-6-4-5-7-15(14)22-18/h4-10,20,23H,1-3H3,(H,21,22). The number of rotatable bonds is 2. The summed E-state index contributed by atoms with van der Waals surface area (Å²) < 4.78 is 0. The van der Waals surface area contributed by atoms with Crippen LogP contribution in [-0.2, 0) is 5.60 Å². The van der Waals surface area contributed by atoms with Crippen molar-refractivity contribution in [3.63, 3.8) is 0 Å². The van der Waals surface area contributed by atoms with Crippen LogP contribution in [0.5, 0.6) is 0 Å². The van der Waals surface area contributed by atoms with Gasteiger partial charge in [0.1, 0.15) is 11.4 Å². The van der Waals surface area contributed by atoms with Crippen LogP contribution in [0.15, 0.2) is 42.6 Å². The first-order valence-electron chi connectivity index (χ1n) is 7.74. The fraction of sp³-hybridized carbons (Fsp3) is 0.211. The summed E-state index contributed by atoms with van der Waals surface area (Å²) >= 11 is 0. The summed E-state index contributed by atoms with van der Waals surface area (Å²) in [7, 11) is 0. The number of para-hydroxylation sites is 2. The van der Waals surface area contributed by atoms with Gasteiger partial charge in [-0.1, -0.05) is 18.2 Å². The predicted molar refractivity (Wildman–Crippen MR) is 92.5 cm³/mol. The van der Waals surface area contributed by atoms with Crippen molar-refractivity contribution in [3.05, 3.63) is 65.1 Å². The van der Waals surface area contributed by atoms with E-state index in [0.717, 1.165) is 33.1 Å². The molecular weight excluding hydrogens is 286 g/mol. The van der Waals surface area contributed by atoms with E-state index >= 15 is 0 Å². The van der Waals surface area contributed by atoms with Crippen molar-refractivity contribution in [2.75, 3.05) is 0 Å². The topological polar surface area (TPSA) is 64.7 Å². The molecule has 0 fully saturated rings. The third-order valence-corrected chi connectivity index (χ3v) is 4.58. The quantitative estimate of drug-likeness (QED) is 0.525. The molecule has 0 aliphatic heterocycles. The van der Waals surface area contributed by atoms with Crippen molar-refractivity contribution in [1.82, 2.24) is 15.0 Å². The van der Waals surface area contributed by atoms with Gasteiger partial charge in [0.05, 0.1) is 11.0 Å². The molecule has 3 N–H and O–H groups in total. The Morgan fingerprint density at radius 2 is 1.87 bits per heavy atom. The van der Waals surface area contributed by atoms with Gasteiger partial charge in [-0.15, -0.1) is 0 Å². The second-order valence-electron chi connectivity index (χ2n) is 6.33. The van der Waals surface area contributed by atoms with Crippen LogP contribution in [0, 0.1) is 13.8 Å². The zero-order valence-corrected chi connectivity index (χ0v) is 13.4. The zero-order valence-electron chi connectivity index (χ0n) is 13.4. The van der Waals surface area contributed by atoms with E-state index in [1.807, 2.05) is 43.5 Å². The second kappa shape index (κ2) is 4.70. The molecule has 0 spiro atoms. The molecule has 4 nitrogen and oxygen atoms in total. The van der Waals surface area contributed by atoms with Gasteiger partial charge in [0.15, 0.2) is 0 Å². The predicted octanol–water partition coefficient (Wildman–Crippen LogP) is 3.92. The summed E-state index contributed by atoms with van der Waals surface area (Å²) in [5.74, 6) is 0.563. The Morgan fingerprint density at radius 3 is 2.65 bits per heavy atom. The number of nitrogens with one attached hydrogen (secondary N) is 2. The molecule has 0 bridgehead atoms. The number of nitrogens with zero attached hydrogens (tertiary/aromatic N) is 1. The number of aromatic nitrogens is 3. The molecule has 1 atom stereocenters. The molecule has 4 heteroatoms. The number of hydrogen-bond donors (Lipinski definition) is 3. The van der Waals surface area contributed by atoms with Crippen LogP contribution in [-0.4, -0.2) is 20.1 Å². The summed E-state index contributed by atoms with van der Waals surface area (Å²) in [6, 6.07) is 11.9. The molecule has 0 aliphatic rings. The minimum absolute atomic E-state index is 0.563. The van der Waals surface area contributed by atoms with Crippen molar-refractivity contribution in [2.45, 2.75) is 26.4 Å². The van der Waals surface area contributed by atoms with Crippen LogP contribution in [0.2, 0.25) is 0 Å². The SMILES string of the molecule is Cc1cc(C)c2[nH]ccc2c1C(C)(O)c1nc2ccccc2[nH]1. The lowest BCUT2D eigenvalue weighted by atomic mass is 9.87. The summed E-state index contributed by atoms with van der Waals surface area (Å²) in [5.41, 5.74) is 4.76. The molecule has 116 valence electrons. The van der Waals surface area contributed by atoms with Crippen LogP contribution >= 0.6 is 0 Å². The number of hydrogen-bond acceptors (Lipinski definition) is 2. The summed E-state index contributed by atoms with van der Waals surface area (Å²) in [4.78, 5) is 11.1. The first-order chi connectivity index (χ1) is 11.0. The lowest BCUT2D eigenvalue weighted by Gasteiger charge is -2.25. The van der Waals surface area contributed by atoms with E-state index < -0.39 is 5.60 Å². The number of benzene rings is 2. The lowest BCUT2D eigenvalue weighted by Crippen LogP contribution is -2.26. The molecule has 0 saturated carbocycles. The molecule has 0 saturated heterocycles. The minimum atomic E-state index is -1.20. The monoisotopic (exact) mass is 305 g/mol. The molecule has 0 aliphatic carbocycles. The van der Waals surface area contributed by atoms with Crippen LogP contribution in [0.25, 0.3) is 21.9 Å². The van der Waals surface area contributed by atoms with Crippen molar-refractivity contribution in [1.29, 1.82) is 0 Å². The van der Waals surface area contributed by atoms with E-state index in [1.165, 1.54) is 5.56 Å². The Hall–Kier alpha value is -2.59. The summed E-state index contributed by atoms with van der Waals surface area (Å²) in [6.45, 7) is 5.91. The van der Waals surface area contributed by atoms with Gasteiger partial charge in [0, 0.05) is 22.7 Å². The van der Waals surface area contributed by atoms with E-state index in [2.05, 4.69) is 27.9 Å². The average molecular weight is 305 g/mol. The first kappa shape index (κ1) is 14.0. The largest absolute Gasteiger partial charge is 0.377 e. The lowest BCUT2D eigenvalue weighted by molar-refractivity contribution is 0.0944. The summed E-state index contributed by atoms with van der Waals surface area (Å²) in [5, 5.41) is 12.4. The highest BCUT2D eigenvalue weighted by atomic mass is 16.3. The second-order valence-corrected chi connectivity index (χ2v) is 6.33. The van der Waals surface area contributed by atoms with Crippen molar-refractivity contribution >= 4 is 21.9 Å². The van der Waals surface area contributed by atoms with Gasteiger partial charge in [-0.25, -0.2) is 4.98 Å². The highest BCUT2D eigenvalue weighted by Gasteiger charge is 2.33. The number of fused-ring (bicyclic) bond motifs is 2. The zero-order chi connectivity index (χ0) is 16.2. The van der Waals surface area contributed by atoms with Gasteiger partial charge in [-0.3, -0.25) is 0 Å². The van der Waals surface area contributed by atoms with Crippen molar-refractivity contribution in [2.24, 2.45) is 0 Å². The maximum Gasteiger partial charge on any atom is 0.145 e. The van der Waals surface area contributed by atoms with E-state index in [1.54, 1.807) is 6.92 Å². The highest BCUT2D eigenvalue weighted by molar-refractivity contribution is 5.88. The van der Waals surface area contributed by atoms with Gasteiger partial charge in [-0.05, 0) is 50.1 Å². The normalized spacial score (nSPS) is 14.4. The van der Waals surface area contributed by atoms with Gasteiger partial charge in [-0.2, -0.15) is 0 Å². The number of aryl methyl sites for hydroxylation is 2. The van der Waals surface area contributed by atoms with Gasteiger partial charge in [0.2, 0.25) is 0 Å². The number of imidazole rings is 1. The van der Waals surface area contributed by atoms with Crippen LogP contribution < -0.4 is 0 Å². The third kappa shape index (κ3) is 1.99. The molecule has 4 aromatic rings. The van der Waals surface area contributed by atoms with Gasteiger partial charge in [0.25, 0.3) is 0 Å². The molecule has 2 heterocycles. The number of aliphatic hydroxyl groups is 1. The molecule has 1 unspecified atom stereocenters. The van der Waals surface area contributed by atoms with Crippen LogP contribution in [0.4, 0.5) is 0 Å². The molecule has 0 radical (unpaired) electrons. The molecule has 4 rings (SSSR count). The van der Waals surface area contributed by atoms with E-state index in [-0.39, 0.29) is 0 Å². The minimum Gasteiger partial charge on any atom is -0.377 e. The van der Waals surface area contributed by atoms with E-state index in [0.29, 0.717) is 5.82 Å². The number of H-pyrrole nitrogens is 2. The van der Waals surface area contributed by atoms with Crippen molar-refractivity contribution < 1.29 is 5.11 Å². The van der Waals surface area contributed by atoms with Gasteiger partial charge < -0.3 is 15.1 Å². The molecule has 2 aromatic heterocycles. The van der Waals surface area contributed by atoms with Crippen LogP contribution in [0.3, 0.4) is 0 Å². The Bertz CT molecular complexity index is 991. The number of aromatic amines is 2. The molecule has 0 amide bonds. The molecular formula is C19H19N3O. The first-order valence-corrected chi connectivity index (χ1v) is 7.74. The fourth-order valence-electron chi connectivity index (χ4n) is 3.53. The van der Waals surface area contributed by atoms with Crippen LogP contribution in [0.1, 0.15) is 29.4 Å². The highest BCUT2D eigenvalue weighted by Crippen LogP contribution is 2.37. The Labute approximate surface area is 134 Å². The van der Waals surface area contributed by atoms with Gasteiger partial charge >= 0.3 is 0 Å². The Morgan fingerprint density at radius 1 is 1.09 bits per heavy atom. The Kier molecular flexibility index (Phi) is 2.87. The van der Waals surface area contributed by atoms with E-state index in [4.69, 9.17) is 0 Å². The molecule has 2 aromatic carbocycles. The van der Waals surface area contributed by atoms with E-state index in [9.17, 15) is 5.11 Å². The summed E-state index contributed by atoms with van der Waals surface area (Å²) in [6.07, 6.45) is 1.91. The maximum atomic E-state index is 11.3. The fourth-order valence-corrected chi connectivity index (χ4v) is 3.53. The average Bonchev–Trinajstić information content (AvgIpc) is 3.13. The Balaban J connectivity index is 2.00. The smallest absolute Gasteiger partial charge is 0.145 e. The maximum absolute atomic E-state index is 11.3. The third-order valence-electron chi connectivity index (χ3n) is 4.58. The molecule has 23 heavy (non-hydrogen) atoms.